The maximum Gasteiger partial charge on any atom is 0.306 e. The number of fused-ring (bicyclic) bond motifs is 5. The van der Waals surface area contributed by atoms with Gasteiger partial charge in [0.1, 0.15) is 0 Å². The van der Waals surface area contributed by atoms with E-state index in [2.05, 4.69) is 26.8 Å². The van der Waals surface area contributed by atoms with Gasteiger partial charge in [0, 0.05) is 37.7 Å². The van der Waals surface area contributed by atoms with Crippen molar-refractivity contribution in [3.05, 3.63) is 23.3 Å². The van der Waals surface area contributed by atoms with Gasteiger partial charge < -0.3 is 9.64 Å². The molecule has 6 heteroatoms. The number of carbonyl (C=O) groups excluding carboxylic acids is 3. The molecule has 1 amide bonds. The molecule has 6 atom stereocenters. The molecule has 34 heavy (non-hydrogen) atoms. The first-order valence-electron chi connectivity index (χ1n) is 13.0. The predicted molar refractivity (Wildman–Crippen MR) is 133 cm³/mol. The molecule has 0 radical (unpaired) electrons. The van der Waals surface area contributed by atoms with Crippen LogP contribution in [0.1, 0.15) is 79.1 Å². The summed E-state index contributed by atoms with van der Waals surface area (Å²) in [4.78, 5) is 40.7. The van der Waals surface area contributed by atoms with Crippen LogP contribution in [0.2, 0.25) is 0 Å². The van der Waals surface area contributed by atoms with Crippen molar-refractivity contribution in [2.75, 3.05) is 19.5 Å². The van der Waals surface area contributed by atoms with E-state index >= 15 is 0 Å². The molecular formula is C28H40ClNO4. The quantitative estimate of drug-likeness (QED) is 0.367. The first-order valence-corrected chi connectivity index (χ1v) is 13.5. The Labute approximate surface area is 209 Å². The van der Waals surface area contributed by atoms with Crippen LogP contribution in [0.5, 0.6) is 0 Å². The maximum absolute atomic E-state index is 13.9. The van der Waals surface area contributed by atoms with Crippen molar-refractivity contribution in [1.29, 1.82) is 0 Å². The van der Waals surface area contributed by atoms with Gasteiger partial charge in [-0.15, -0.1) is 11.6 Å². The average Bonchev–Trinajstić information content (AvgIpc) is 3.11. The first-order chi connectivity index (χ1) is 16.0. The van der Waals surface area contributed by atoms with Crippen LogP contribution in [-0.2, 0) is 19.1 Å². The number of ether oxygens (including phenoxy) is 1. The fourth-order valence-electron chi connectivity index (χ4n) is 7.89. The van der Waals surface area contributed by atoms with Gasteiger partial charge in [-0.25, -0.2) is 0 Å². The summed E-state index contributed by atoms with van der Waals surface area (Å²) >= 11 is 5.82. The van der Waals surface area contributed by atoms with Crippen molar-refractivity contribution in [3.8, 4) is 0 Å². The largest absolute Gasteiger partial charge is 0.448 e. The monoisotopic (exact) mass is 489 g/mol. The van der Waals surface area contributed by atoms with Gasteiger partial charge in [-0.2, -0.15) is 0 Å². The third-order valence-corrected chi connectivity index (χ3v) is 10.2. The summed E-state index contributed by atoms with van der Waals surface area (Å²) in [7, 11) is 1.81. The second kappa shape index (κ2) is 9.11. The highest BCUT2D eigenvalue weighted by Gasteiger charge is 2.69. The number of nitrogens with zero attached hydrogens (tertiary/aromatic N) is 1. The van der Waals surface area contributed by atoms with Crippen LogP contribution < -0.4 is 0 Å². The molecular weight excluding hydrogens is 450 g/mol. The predicted octanol–water partition coefficient (Wildman–Crippen LogP) is 5.46. The number of rotatable bonds is 6. The summed E-state index contributed by atoms with van der Waals surface area (Å²) in [6.07, 6.45) is 9.79. The number of alkyl halides is 1. The van der Waals surface area contributed by atoms with E-state index in [-0.39, 0.29) is 35.4 Å². The lowest BCUT2D eigenvalue weighted by Gasteiger charge is -2.58. The molecule has 0 saturated heterocycles. The fourth-order valence-corrected chi connectivity index (χ4v) is 8.02. The van der Waals surface area contributed by atoms with E-state index in [1.165, 1.54) is 11.1 Å². The van der Waals surface area contributed by atoms with E-state index < -0.39 is 11.0 Å². The van der Waals surface area contributed by atoms with Gasteiger partial charge in [-0.3, -0.25) is 14.4 Å². The lowest BCUT2D eigenvalue weighted by Crippen LogP contribution is -2.61. The number of hydrogen-bond acceptors (Lipinski definition) is 4. The molecule has 5 nitrogen and oxygen atoms in total. The Balaban J connectivity index is 1.74. The highest BCUT2D eigenvalue weighted by Crippen LogP contribution is 2.68. The average molecular weight is 490 g/mol. The minimum absolute atomic E-state index is 0.00870. The van der Waals surface area contributed by atoms with Crippen molar-refractivity contribution in [2.45, 2.75) is 84.7 Å². The maximum atomic E-state index is 13.9. The standard InChI is InChI=1S/C28H40ClNO4/c1-6-30(5)25(33)28(34-24(32)8-7-15-29)14-11-22-20-16-18(2)23-17-19(31)9-12-26(23,3)21(20)10-13-27(22,28)4/h16-17,20-22H,6-15H2,1-5H3/t20?,21?,22?,26-,27+,28?/m1/s1. The molecule has 2 saturated carbocycles. The zero-order valence-corrected chi connectivity index (χ0v) is 22.2. The Morgan fingerprint density at radius 2 is 1.88 bits per heavy atom. The molecule has 0 aromatic heterocycles. The molecule has 2 fully saturated rings. The second-order valence-electron chi connectivity index (χ2n) is 11.5. The summed E-state index contributed by atoms with van der Waals surface area (Å²) in [6, 6.07) is 0. The van der Waals surface area contributed by atoms with Gasteiger partial charge in [0.2, 0.25) is 0 Å². The molecule has 4 aliphatic rings. The molecule has 0 spiro atoms. The molecule has 0 aliphatic heterocycles. The number of halogens is 1. The van der Waals surface area contributed by atoms with Crippen molar-refractivity contribution in [2.24, 2.45) is 28.6 Å². The first kappa shape index (κ1) is 25.5. The molecule has 0 heterocycles. The van der Waals surface area contributed by atoms with Gasteiger partial charge in [0.25, 0.3) is 5.91 Å². The van der Waals surface area contributed by atoms with E-state index in [0.717, 1.165) is 25.7 Å². The van der Waals surface area contributed by atoms with Gasteiger partial charge in [-0.1, -0.05) is 25.5 Å². The molecule has 4 unspecified atom stereocenters. The molecule has 0 aromatic carbocycles. The SMILES string of the molecule is CCN(C)C(=O)C1(OC(=O)CCCCl)CCC2C3C=C(C)C4=CC(=O)CC[C@]4(C)C3CC[C@@]21C. The second-order valence-corrected chi connectivity index (χ2v) is 11.9. The summed E-state index contributed by atoms with van der Waals surface area (Å²) in [5.41, 5.74) is 0.856. The number of esters is 1. The number of hydrogen-bond donors (Lipinski definition) is 0. The van der Waals surface area contributed by atoms with Crippen LogP contribution in [0.3, 0.4) is 0 Å². The topological polar surface area (TPSA) is 63.7 Å². The van der Waals surface area contributed by atoms with Crippen molar-refractivity contribution >= 4 is 29.3 Å². The normalized spacial score (nSPS) is 38.8. The lowest BCUT2D eigenvalue weighted by molar-refractivity contribution is -0.194. The number of amides is 1. The zero-order valence-electron chi connectivity index (χ0n) is 21.4. The minimum atomic E-state index is -1.13. The van der Waals surface area contributed by atoms with Gasteiger partial charge in [0.05, 0.1) is 0 Å². The van der Waals surface area contributed by atoms with Crippen molar-refractivity contribution in [1.82, 2.24) is 4.90 Å². The van der Waals surface area contributed by atoms with Crippen LogP contribution in [0.25, 0.3) is 0 Å². The highest BCUT2D eigenvalue weighted by atomic mass is 35.5. The van der Waals surface area contributed by atoms with E-state index in [1.54, 1.807) is 11.9 Å². The lowest BCUT2D eigenvalue weighted by atomic mass is 9.47. The Kier molecular flexibility index (Phi) is 6.83. The third kappa shape index (κ3) is 3.68. The van der Waals surface area contributed by atoms with Gasteiger partial charge in [0.15, 0.2) is 11.4 Å². The molecule has 0 N–H and O–H groups in total. The fraction of sp³-hybridized carbons (Fsp3) is 0.750. The molecule has 0 aromatic rings. The number of likely N-dealkylation sites (N-methyl/N-ethyl adjacent to an activating group) is 1. The van der Waals surface area contributed by atoms with E-state index in [1.807, 2.05) is 13.0 Å². The van der Waals surface area contributed by atoms with E-state index in [0.29, 0.717) is 43.5 Å². The summed E-state index contributed by atoms with van der Waals surface area (Å²) < 4.78 is 6.25. The van der Waals surface area contributed by atoms with Gasteiger partial charge >= 0.3 is 5.97 Å². The molecule has 0 bridgehead atoms. The van der Waals surface area contributed by atoms with E-state index in [4.69, 9.17) is 16.3 Å². The van der Waals surface area contributed by atoms with Gasteiger partial charge in [-0.05, 0) is 87.2 Å². The van der Waals surface area contributed by atoms with Crippen LogP contribution in [0, 0.1) is 28.6 Å². The van der Waals surface area contributed by atoms with Crippen molar-refractivity contribution < 1.29 is 19.1 Å². The van der Waals surface area contributed by atoms with Crippen molar-refractivity contribution in [3.63, 3.8) is 0 Å². The molecule has 4 rings (SSSR count). The zero-order chi connectivity index (χ0) is 24.9. The van der Waals surface area contributed by atoms with Crippen LogP contribution in [0.15, 0.2) is 23.3 Å². The molecule has 188 valence electrons. The van der Waals surface area contributed by atoms with Crippen LogP contribution in [-0.4, -0.2) is 47.6 Å². The third-order valence-electron chi connectivity index (χ3n) is 9.92. The smallest absolute Gasteiger partial charge is 0.306 e. The summed E-state index contributed by atoms with van der Waals surface area (Å²) in [5.74, 6) is 1.26. The van der Waals surface area contributed by atoms with Crippen LogP contribution >= 0.6 is 11.6 Å². The Morgan fingerprint density at radius 3 is 2.56 bits per heavy atom. The number of allylic oxidation sites excluding steroid dienone is 4. The highest BCUT2D eigenvalue weighted by molar-refractivity contribution is 6.17. The Hall–Kier alpha value is -1.62. The number of carbonyl (C=O) groups is 3. The minimum Gasteiger partial charge on any atom is -0.448 e. The molecule has 4 aliphatic carbocycles. The Morgan fingerprint density at radius 1 is 1.18 bits per heavy atom. The summed E-state index contributed by atoms with van der Waals surface area (Å²) in [6.45, 7) is 9.20. The van der Waals surface area contributed by atoms with Crippen LogP contribution in [0.4, 0.5) is 0 Å². The number of ketones is 1. The Bertz CT molecular complexity index is 941. The summed E-state index contributed by atoms with van der Waals surface area (Å²) in [5, 5.41) is 0. The van der Waals surface area contributed by atoms with E-state index in [9.17, 15) is 14.4 Å².